The molecule has 0 aromatic heterocycles. The predicted molar refractivity (Wildman–Crippen MR) is 44.6 cm³/mol. The summed E-state index contributed by atoms with van der Waals surface area (Å²) in [6, 6.07) is 1.20. The van der Waals surface area contributed by atoms with Crippen LogP contribution in [0, 0.1) is 11.6 Å². The molecule has 2 N–H and O–H groups in total. The van der Waals surface area contributed by atoms with Gasteiger partial charge in [-0.2, -0.15) is 13.2 Å². The summed E-state index contributed by atoms with van der Waals surface area (Å²) in [6.45, 7) is 0. The van der Waals surface area contributed by atoms with E-state index in [4.69, 9.17) is 0 Å². The number of amides is 1. The molecular weight excluding hydrogens is 233 g/mol. The standard InChI is InChI=1S/C9H6F5NO/c10-5-2-1-4(3-9(12,13)14)7(11)6(5)8(15)16/h1-2H,3H2,(H2,15,16). The Bertz CT molecular complexity index is 427. The average Bonchev–Trinajstić information content (AvgIpc) is 2.07. The summed E-state index contributed by atoms with van der Waals surface area (Å²) in [4.78, 5) is 10.6. The molecule has 0 saturated heterocycles. The number of benzene rings is 1. The van der Waals surface area contributed by atoms with Crippen LogP contribution in [0.4, 0.5) is 22.0 Å². The minimum atomic E-state index is -4.65. The summed E-state index contributed by atoms with van der Waals surface area (Å²) in [7, 11) is 0. The normalized spacial score (nSPS) is 11.6. The third-order valence-corrected chi connectivity index (χ3v) is 1.81. The lowest BCUT2D eigenvalue weighted by Crippen LogP contribution is -2.19. The molecule has 0 saturated carbocycles. The van der Waals surface area contributed by atoms with Crippen LogP contribution in [0.15, 0.2) is 12.1 Å². The zero-order chi connectivity index (χ0) is 12.5. The number of halogens is 5. The van der Waals surface area contributed by atoms with Gasteiger partial charge in [0.15, 0.2) is 0 Å². The van der Waals surface area contributed by atoms with E-state index in [1.807, 2.05) is 0 Å². The first kappa shape index (κ1) is 12.4. The van der Waals surface area contributed by atoms with E-state index in [1.54, 1.807) is 0 Å². The van der Waals surface area contributed by atoms with Crippen LogP contribution in [0.3, 0.4) is 0 Å². The number of carbonyl (C=O) groups is 1. The molecule has 0 aliphatic carbocycles. The van der Waals surface area contributed by atoms with E-state index < -0.39 is 41.3 Å². The first-order valence-corrected chi connectivity index (χ1v) is 4.06. The summed E-state index contributed by atoms with van der Waals surface area (Å²) in [5.41, 5.74) is 2.68. The summed E-state index contributed by atoms with van der Waals surface area (Å²) < 4.78 is 62.1. The van der Waals surface area contributed by atoms with Crippen LogP contribution in [0.25, 0.3) is 0 Å². The van der Waals surface area contributed by atoms with Crippen molar-refractivity contribution < 1.29 is 26.7 Å². The largest absolute Gasteiger partial charge is 0.393 e. The minimum absolute atomic E-state index is 0.574. The first-order chi connectivity index (χ1) is 7.22. The number of rotatable bonds is 2. The molecule has 0 atom stereocenters. The molecule has 1 rings (SSSR count). The van der Waals surface area contributed by atoms with Gasteiger partial charge in [-0.1, -0.05) is 6.07 Å². The topological polar surface area (TPSA) is 43.1 Å². The van der Waals surface area contributed by atoms with Crippen molar-refractivity contribution in [2.45, 2.75) is 12.6 Å². The second kappa shape index (κ2) is 4.07. The zero-order valence-electron chi connectivity index (χ0n) is 7.74. The molecule has 0 radical (unpaired) electrons. The zero-order valence-corrected chi connectivity index (χ0v) is 7.74. The Balaban J connectivity index is 3.24. The Labute approximate surface area is 86.9 Å². The molecule has 0 aliphatic rings. The van der Waals surface area contributed by atoms with Gasteiger partial charge in [0.2, 0.25) is 0 Å². The highest BCUT2D eigenvalue weighted by Crippen LogP contribution is 2.25. The monoisotopic (exact) mass is 239 g/mol. The summed E-state index contributed by atoms with van der Waals surface area (Å²) in [5.74, 6) is -4.29. The number of hydrogen-bond donors (Lipinski definition) is 1. The summed E-state index contributed by atoms with van der Waals surface area (Å²) >= 11 is 0. The van der Waals surface area contributed by atoms with E-state index in [0.717, 1.165) is 0 Å². The van der Waals surface area contributed by atoms with Crippen molar-refractivity contribution in [1.82, 2.24) is 0 Å². The number of alkyl halides is 3. The van der Waals surface area contributed by atoms with Crippen molar-refractivity contribution in [1.29, 1.82) is 0 Å². The van der Waals surface area contributed by atoms with Gasteiger partial charge in [0.05, 0.1) is 6.42 Å². The van der Waals surface area contributed by atoms with Gasteiger partial charge < -0.3 is 5.73 Å². The number of primary amides is 1. The molecule has 0 spiro atoms. The molecular formula is C9H6F5NO. The van der Waals surface area contributed by atoms with Crippen LogP contribution < -0.4 is 5.73 Å². The van der Waals surface area contributed by atoms with Crippen molar-refractivity contribution in [3.05, 3.63) is 34.9 Å². The van der Waals surface area contributed by atoms with Gasteiger partial charge in [0, 0.05) is 0 Å². The summed E-state index contributed by atoms with van der Waals surface area (Å²) in [6.07, 6.45) is -6.23. The van der Waals surface area contributed by atoms with E-state index in [2.05, 4.69) is 5.73 Å². The summed E-state index contributed by atoms with van der Waals surface area (Å²) in [5, 5.41) is 0. The lowest BCUT2D eigenvalue weighted by molar-refractivity contribution is -0.127. The fraction of sp³-hybridized carbons (Fsp3) is 0.222. The molecule has 1 amide bonds. The number of nitrogens with two attached hydrogens (primary N) is 1. The third kappa shape index (κ3) is 2.68. The molecule has 0 fully saturated rings. The van der Waals surface area contributed by atoms with Crippen molar-refractivity contribution in [3.8, 4) is 0 Å². The van der Waals surface area contributed by atoms with Gasteiger partial charge in [-0.15, -0.1) is 0 Å². The molecule has 16 heavy (non-hydrogen) atoms. The molecule has 1 aromatic rings. The van der Waals surface area contributed by atoms with Gasteiger partial charge in [0.25, 0.3) is 5.91 Å². The third-order valence-electron chi connectivity index (χ3n) is 1.81. The molecule has 0 bridgehead atoms. The van der Waals surface area contributed by atoms with Crippen LogP contribution >= 0.6 is 0 Å². The Morgan fingerprint density at radius 3 is 2.25 bits per heavy atom. The van der Waals surface area contributed by atoms with Gasteiger partial charge in [-0.05, 0) is 11.6 Å². The maximum atomic E-state index is 13.3. The van der Waals surface area contributed by atoms with Gasteiger partial charge in [-0.25, -0.2) is 8.78 Å². The van der Waals surface area contributed by atoms with Crippen molar-refractivity contribution in [3.63, 3.8) is 0 Å². The molecule has 0 unspecified atom stereocenters. The molecule has 2 nitrogen and oxygen atoms in total. The predicted octanol–water partition coefficient (Wildman–Crippen LogP) is 2.17. The van der Waals surface area contributed by atoms with E-state index in [-0.39, 0.29) is 0 Å². The van der Waals surface area contributed by atoms with Gasteiger partial charge >= 0.3 is 6.18 Å². The highest BCUT2D eigenvalue weighted by molar-refractivity contribution is 5.93. The second-order valence-corrected chi connectivity index (χ2v) is 3.05. The maximum Gasteiger partial charge on any atom is 0.393 e. The molecule has 7 heteroatoms. The fourth-order valence-electron chi connectivity index (χ4n) is 1.17. The second-order valence-electron chi connectivity index (χ2n) is 3.05. The number of carbonyl (C=O) groups excluding carboxylic acids is 1. The highest BCUT2D eigenvalue weighted by atomic mass is 19.4. The average molecular weight is 239 g/mol. The van der Waals surface area contributed by atoms with Crippen LogP contribution in [0.2, 0.25) is 0 Å². The van der Waals surface area contributed by atoms with Crippen LogP contribution in [-0.4, -0.2) is 12.1 Å². The molecule has 0 heterocycles. The molecule has 0 aliphatic heterocycles. The molecule has 1 aromatic carbocycles. The van der Waals surface area contributed by atoms with E-state index >= 15 is 0 Å². The molecule has 88 valence electrons. The first-order valence-electron chi connectivity index (χ1n) is 4.06. The minimum Gasteiger partial charge on any atom is -0.365 e. The van der Waals surface area contributed by atoms with Gasteiger partial charge in [0.1, 0.15) is 17.2 Å². The quantitative estimate of drug-likeness (QED) is 0.789. The van der Waals surface area contributed by atoms with E-state index in [0.29, 0.717) is 12.1 Å². The van der Waals surface area contributed by atoms with E-state index in [1.165, 1.54) is 0 Å². The SMILES string of the molecule is NC(=O)c1c(F)ccc(CC(F)(F)F)c1F. The Kier molecular flexibility index (Phi) is 3.16. The van der Waals surface area contributed by atoms with Crippen LogP contribution in [0.5, 0.6) is 0 Å². The lowest BCUT2D eigenvalue weighted by Gasteiger charge is -2.09. The Morgan fingerprint density at radius 1 is 1.25 bits per heavy atom. The van der Waals surface area contributed by atoms with E-state index in [9.17, 15) is 26.7 Å². The smallest absolute Gasteiger partial charge is 0.365 e. The Morgan fingerprint density at radius 2 is 1.81 bits per heavy atom. The van der Waals surface area contributed by atoms with Crippen molar-refractivity contribution in [2.75, 3.05) is 0 Å². The van der Waals surface area contributed by atoms with Crippen LogP contribution in [0.1, 0.15) is 15.9 Å². The van der Waals surface area contributed by atoms with Crippen molar-refractivity contribution >= 4 is 5.91 Å². The number of hydrogen-bond acceptors (Lipinski definition) is 1. The van der Waals surface area contributed by atoms with Gasteiger partial charge in [-0.3, -0.25) is 4.79 Å². The van der Waals surface area contributed by atoms with Crippen molar-refractivity contribution in [2.24, 2.45) is 5.73 Å². The Hall–Kier alpha value is -1.66. The lowest BCUT2D eigenvalue weighted by atomic mass is 10.1. The maximum absolute atomic E-state index is 13.3. The fourth-order valence-corrected chi connectivity index (χ4v) is 1.17. The highest BCUT2D eigenvalue weighted by Gasteiger charge is 2.31. The van der Waals surface area contributed by atoms with Crippen LogP contribution in [-0.2, 0) is 6.42 Å².